The summed E-state index contributed by atoms with van der Waals surface area (Å²) in [5.41, 5.74) is 3.86. The van der Waals surface area contributed by atoms with E-state index in [2.05, 4.69) is 32.5 Å². The predicted molar refractivity (Wildman–Crippen MR) is 98.9 cm³/mol. The molecule has 0 saturated heterocycles. The number of nitrogens with zero attached hydrogens (tertiary/aromatic N) is 2. The van der Waals surface area contributed by atoms with E-state index in [1.54, 1.807) is 25.3 Å². The van der Waals surface area contributed by atoms with Crippen molar-refractivity contribution in [3.63, 3.8) is 0 Å². The SMILES string of the molecule is COc1cccc(C(=O)Nc2[nH]nc3c2CN(Cc2ccccc2)C3)c1. The third-order valence-electron chi connectivity index (χ3n) is 4.53. The van der Waals surface area contributed by atoms with Gasteiger partial charge in [-0.15, -0.1) is 0 Å². The van der Waals surface area contributed by atoms with Crippen LogP contribution in [0.5, 0.6) is 5.75 Å². The lowest BCUT2D eigenvalue weighted by molar-refractivity contribution is 0.102. The van der Waals surface area contributed by atoms with Crippen molar-refractivity contribution in [2.45, 2.75) is 19.6 Å². The molecule has 6 nitrogen and oxygen atoms in total. The van der Waals surface area contributed by atoms with E-state index in [1.165, 1.54) is 5.56 Å². The first-order chi connectivity index (χ1) is 12.7. The van der Waals surface area contributed by atoms with Gasteiger partial charge in [-0.3, -0.25) is 14.8 Å². The number of benzene rings is 2. The lowest BCUT2D eigenvalue weighted by atomic mass is 10.2. The molecule has 2 heterocycles. The maximum absolute atomic E-state index is 12.5. The van der Waals surface area contributed by atoms with E-state index in [-0.39, 0.29) is 5.91 Å². The topological polar surface area (TPSA) is 70.2 Å². The standard InChI is InChI=1S/C20H20N4O2/c1-26-16-9-5-8-15(10-16)20(25)21-19-17-12-24(13-18(17)22-23-19)11-14-6-3-2-4-7-14/h2-10H,11-13H2,1H3,(H2,21,22,23,25). The van der Waals surface area contributed by atoms with Crippen LogP contribution in [0.15, 0.2) is 54.6 Å². The Morgan fingerprint density at radius 3 is 2.85 bits per heavy atom. The Hall–Kier alpha value is -3.12. The van der Waals surface area contributed by atoms with Crippen LogP contribution in [0.1, 0.15) is 27.2 Å². The predicted octanol–water partition coefficient (Wildman–Crippen LogP) is 3.19. The Morgan fingerprint density at radius 1 is 1.19 bits per heavy atom. The van der Waals surface area contributed by atoms with Gasteiger partial charge in [-0.25, -0.2) is 0 Å². The molecule has 0 atom stereocenters. The highest BCUT2D eigenvalue weighted by Gasteiger charge is 2.26. The van der Waals surface area contributed by atoms with Crippen molar-refractivity contribution in [2.24, 2.45) is 0 Å². The molecule has 3 aromatic rings. The van der Waals surface area contributed by atoms with Gasteiger partial charge in [0.25, 0.3) is 5.91 Å². The summed E-state index contributed by atoms with van der Waals surface area (Å²) < 4.78 is 5.18. The second kappa shape index (κ2) is 7.01. The van der Waals surface area contributed by atoms with Gasteiger partial charge in [-0.2, -0.15) is 5.10 Å². The van der Waals surface area contributed by atoms with Gasteiger partial charge in [-0.1, -0.05) is 36.4 Å². The first-order valence-corrected chi connectivity index (χ1v) is 8.51. The average molecular weight is 348 g/mol. The number of methoxy groups -OCH3 is 1. The van der Waals surface area contributed by atoms with Crippen LogP contribution in [0, 0.1) is 0 Å². The maximum atomic E-state index is 12.5. The fraction of sp³-hybridized carbons (Fsp3) is 0.200. The molecule has 26 heavy (non-hydrogen) atoms. The van der Waals surface area contributed by atoms with Crippen LogP contribution in [0.25, 0.3) is 0 Å². The Morgan fingerprint density at radius 2 is 2.04 bits per heavy atom. The van der Waals surface area contributed by atoms with Gasteiger partial charge in [0.2, 0.25) is 0 Å². The van der Waals surface area contributed by atoms with Crippen LogP contribution in [-0.2, 0) is 19.6 Å². The number of aromatic nitrogens is 2. The molecule has 4 rings (SSSR count). The van der Waals surface area contributed by atoms with Crippen molar-refractivity contribution >= 4 is 11.7 Å². The normalized spacial score (nSPS) is 13.4. The minimum atomic E-state index is -0.183. The molecule has 0 bridgehead atoms. The minimum absolute atomic E-state index is 0.183. The summed E-state index contributed by atoms with van der Waals surface area (Å²) >= 11 is 0. The second-order valence-corrected chi connectivity index (χ2v) is 6.34. The zero-order valence-corrected chi connectivity index (χ0v) is 14.5. The maximum Gasteiger partial charge on any atom is 0.256 e. The fourth-order valence-electron chi connectivity index (χ4n) is 3.20. The molecule has 2 aromatic carbocycles. The monoisotopic (exact) mass is 348 g/mol. The molecule has 2 N–H and O–H groups in total. The number of hydrogen-bond acceptors (Lipinski definition) is 4. The van der Waals surface area contributed by atoms with Crippen molar-refractivity contribution < 1.29 is 9.53 Å². The quantitative estimate of drug-likeness (QED) is 0.743. The third kappa shape index (κ3) is 3.32. The van der Waals surface area contributed by atoms with Gasteiger partial charge >= 0.3 is 0 Å². The lowest BCUT2D eigenvalue weighted by Crippen LogP contribution is -2.18. The number of nitrogens with one attached hydrogen (secondary N) is 2. The van der Waals surface area contributed by atoms with E-state index in [1.807, 2.05) is 24.3 Å². The van der Waals surface area contributed by atoms with E-state index >= 15 is 0 Å². The van der Waals surface area contributed by atoms with Gasteiger partial charge in [0.15, 0.2) is 0 Å². The zero-order valence-electron chi connectivity index (χ0n) is 14.5. The van der Waals surface area contributed by atoms with Gasteiger partial charge in [0.1, 0.15) is 11.6 Å². The van der Waals surface area contributed by atoms with Crippen LogP contribution in [0.4, 0.5) is 5.82 Å². The van der Waals surface area contributed by atoms with Crippen molar-refractivity contribution in [1.82, 2.24) is 15.1 Å². The van der Waals surface area contributed by atoms with Crippen LogP contribution in [-0.4, -0.2) is 28.1 Å². The Bertz CT molecular complexity index is 921. The molecule has 0 aliphatic carbocycles. The van der Waals surface area contributed by atoms with Gasteiger partial charge < -0.3 is 10.1 Å². The molecule has 0 fully saturated rings. The number of hydrogen-bond donors (Lipinski definition) is 2. The molecule has 1 aromatic heterocycles. The molecule has 0 spiro atoms. The Kier molecular flexibility index (Phi) is 4.41. The Balaban J connectivity index is 1.45. The van der Waals surface area contributed by atoms with E-state index in [9.17, 15) is 4.79 Å². The number of H-pyrrole nitrogens is 1. The number of carbonyl (C=O) groups excluding carboxylic acids is 1. The number of rotatable bonds is 5. The van der Waals surface area contributed by atoms with Crippen LogP contribution >= 0.6 is 0 Å². The Labute approximate surface area is 151 Å². The molecular formula is C20H20N4O2. The highest BCUT2D eigenvalue weighted by molar-refractivity contribution is 6.04. The highest BCUT2D eigenvalue weighted by atomic mass is 16.5. The second-order valence-electron chi connectivity index (χ2n) is 6.34. The van der Waals surface area contributed by atoms with E-state index < -0.39 is 0 Å². The molecule has 0 saturated carbocycles. The van der Waals surface area contributed by atoms with Crippen molar-refractivity contribution in [2.75, 3.05) is 12.4 Å². The number of fused-ring (bicyclic) bond motifs is 1. The summed E-state index contributed by atoms with van der Waals surface area (Å²) in [4.78, 5) is 14.8. The van der Waals surface area contributed by atoms with Crippen molar-refractivity contribution in [3.8, 4) is 5.75 Å². The average Bonchev–Trinajstić information content (AvgIpc) is 3.24. The summed E-state index contributed by atoms with van der Waals surface area (Å²) in [7, 11) is 1.58. The zero-order chi connectivity index (χ0) is 17.9. The largest absolute Gasteiger partial charge is 0.497 e. The third-order valence-corrected chi connectivity index (χ3v) is 4.53. The number of ether oxygens (including phenoxy) is 1. The van der Waals surface area contributed by atoms with Crippen LogP contribution in [0.2, 0.25) is 0 Å². The van der Waals surface area contributed by atoms with Crippen molar-refractivity contribution in [3.05, 3.63) is 77.0 Å². The highest BCUT2D eigenvalue weighted by Crippen LogP contribution is 2.28. The van der Waals surface area contributed by atoms with Gasteiger partial charge in [0.05, 0.1) is 12.8 Å². The number of anilines is 1. The van der Waals surface area contributed by atoms with Crippen molar-refractivity contribution in [1.29, 1.82) is 0 Å². The van der Waals surface area contributed by atoms with E-state index in [4.69, 9.17) is 4.74 Å². The minimum Gasteiger partial charge on any atom is -0.497 e. The van der Waals surface area contributed by atoms with E-state index in [0.29, 0.717) is 17.1 Å². The summed E-state index contributed by atoms with van der Waals surface area (Å²) in [5.74, 6) is 1.14. The number of carbonyl (C=O) groups is 1. The first kappa shape index (κ1) is 16.4. The van der Waals surface area contributed by atoms with Crippen LogP contribution in [0.3, 0.4) is 0 Å². The van der Waals surface area contributed by atoms with E-state index in [0.717, 1.165) is 30.9 Å². The molecule has 132 valence electrons. The van der Waals surface area contributed by atoms with Crippen LogP contribution < -0.4 is 10.1 Å². The number of aromatic amines is 1. The summed E-state index contributed by atoms with van der Waals surface area (Å²) in [5, 5.41) is 10.2. The first-order valence-electron chi connectivity index (χ1n) is 8.51. The smallest absolute Gasteiger partial charge is 0.256 e. The molecule has 1 aliphatic rings. The van der Waals surface area contributed by atoms with Gasteiger partial charge in [-0.05, 0) is 23.8 Å². The molecule has 0 unspecified atom stereocenters. The lowest BCUT2D eigenvalue weighted by Gasteiger charge is -2.15. The molecule has 0 radical (unpaired) electrons. The molecule has 6 heteroatoms. The fourth-order valence-corrected chi connectivity index (χ4v) is 3.20. The molecule has 1 aliphatic heterocycles. The summed E-state index contributed by atoms with van der Waals surface area (Å²) in [6.45, 7) is 2.39. The summed E-state index contributed by atoms with van der Waals surface area (Å²) in [6.07, 6.45) is 0. The molecule has 1 amide bonds. The van der Waals surface area contributed by atoms with Gasteiger partial charge in [0, 0.05) is 30.8 Å². The number of amides is 1. The molecular weight excluding hydrogens is 328 g/mol. The summed E-state index contributed by atoms with van der Waals surface area (Å²) in [6, 6.07) is 17.4.